The Morgan fingerprint density at radius 1 is 0.773 bits per heavy atom. The highest BCUT2D eigenvalue weighted by Crippen LogP contribution is 2.35. The van der Waals surface area contributed by atoms with Crippen molar-refractivity contribution in [3.05, 3.63) is 102 Å². The summed E-state index contributed by atoms with van der Waals surface area (Å²) < 4.78 is 0. The van der Waals surface area contributed by atoms with Gasteiger partial charge in [-0.3, -0.25) is 4.98 Å². The van der Waals surface area contributed by atoms with E-state index >= 15 is 0 Å². The van der Waals surface area contributed by atoms with Gasteiger partial charge in [-0.25, -0.2) is 0 Å². The van der Waals surface area contributed by atoms with Gasteiger partial charge in [-0.2, -0.15) is 5.26 Å². The number of hydrogen-bond acceptors (Lipinski definition) is 2. The third-order valence-electron chi connectivity index (χ3n) is 3.94. The SMILES string of the molecule is N#CC(Cc1ccncc1)(c1ccccc1)c1ccccc1. The number of pyridine rings is 1. The molecule has 2 nitrogen and oxygen atoms in total. The summed E-state index contributed by atoms with van der Waals surface area (Å²) in [6.07, 6.45) is 4.17. The summed E-state index contributed by atoms with van der Waals surface area (Å²) >= 11 is 0. The highest BCUT2D eigenvalue weighted by atomic mass is 14.6. The molecular weight excluding hydrogens is 268 g/mol. The molecule has 0 aliphatic rings. The van der Waals surface area contributed by atoms with Crippen LogP contribution in [0, 0.1) is 11.3 Å². The van der Waals surface area contributed by atoms with Gasteiger partial charge in [-0.15, -0.1) is 0 Å². The predicted molar refractivity (Wildman–Crippen MR) is 87.2 cm³/mol. The lowest BCUT2D eigenvalue weighted by Gasteiger charge is -2.28. The average molecular weight is 284 g/mol. The van der Waals surface area contributed by atoms with Gasteiger partial charge in [0.05, 0.1) is 6.07 Å². The Labute approximate surface area is 130 Å². The van der Waals surface area contributed by atoms with Crippen LogP contribution in [0.4, 0.5) is 0 Å². The monoisotopic (exact) mass is 284 g/mol. The normalized spacial score (nSPS) is 10.9. The van der Waals surface area contributed by atoms with Crippen molar-refractivity contribution in [1.29, 1.82) is 5.26 Å². The van der Waals surface area contributed by atoms with Gasteiger partial charge in [-0.1, -0.05) is 60.7 Å². The molecule has 2 aromatic carbocycles. The van der Waals surface area contributed by atoms with E-state index in [2.05, 4.69) is 11.1 Å². The van der Waals surface area contributed by atoms with Crippen LogP contribution in [0.2, 0.25) is 0 Å². The van der Waals surface area contributed by atoms with E-state index in [1.165, 1.54) is 0 Å². The van der Waals surface area contributed by atoms with Crippen LogP contribution in [-0.4, -0.2) is 4.98 Å². The van der Waals surface area contributed by atoms with Crippen molar-refractivity contribution in [2.75, 3.05) is 0 Å². The molecule has 0 atom stereocenters. The molecule has 0 aliphatic heterocycles. The molecule has 0 radical (unpaired) electrons. The first-order valence-corrected chi connectivity index (χ1v) is 7.26. The summed E-state index contributed by atoms with van der Waals surface area (Å²) in [7, 11) is 0. The van der Waals surface area contributed by atoms with Crippen molar-refractivity contribution < 1.29 is 0 Å². The molecule has 106 valence electrons. The molecule has 0 unspecified atom stereocenters. The van der Waals surface area contributed by atoms with E-state index in [0.29, 0.717) is 6.42 Å². The molecule has 1 aromatic heterocycles. The quantitative estimate of drug-likeness (QED) is 0.722. The Kier molecular flexibility index (Phi) is 3.98. The Bertz CT molecular complexity index is 720. The summed E-state index contributed by atoms with van der Waals surface area (Å²) in [5.41, 5.74) is 2.44. The van der Waals surface area contributed by atoms with Crippen LogP contribution in [0.25, 0.3) is 0 Å². The van der Waals surface area contributed by atoms with Gasteiger partial charge in [0.2, 0.25) is 0 Å². The molecule has 0 N–H and O–H groups in total. The van der Waals surface area contributed by atoms with Crippen molar-refractivity contribution in [1.82, 2.24) is 4.98 Å². The molecule has 3 aromatic rings. The zero-order valence-corrected chi connectivity index (χ0v) is 12.2. The number of rotatable bonds is 4. The fourth-order valence-corrected chi connectivity index (χ4v) is 2.79. The van der Waals surface area contributed by atoms with E-state index in [1.807, 2.05) is 72.8 Å². The Morgan fingerprint density at radius 3 is 1.73 bits per heavy atom. The zero-order chi connectivity index (χ0) is 15.3. The van der Waals surface area contributed by atoms with Crippen molar-refractivity contribution in [2.45, 2.75) is 11.8 Å². The van der Waals surface area contributed by atoms with Crippen LogP contribution >= 0.6 is 0 Å². The fourth-order valence-electron chi connectivity index (χ4n) is 2.79. The van der Waals surface area contributed by atoms with Crippen molar-refractivity contribution in [3.63, 3.8) is 0 Å². The maximum Gasteiger partial charge on any atom is 0.111 e. The van der Waals surface area contributed by atoms with Crippen molar-refractivity contribution >= 4 is 0 Å². The van der Waals surface area contributed by atoms with Crippen LogP contribution in [0.1, 0.15) is 16.7 Å². The van der Waals surface area contributed by atoms with Crippen molar-refractivity contribution in [2.24, 2.45) is 0 Å². The number of hydrogen-bond donors (Lipinski definition) is 0. The lowest BCUT2D eigenvalue weighted by Crippen LogP contribution is -2.28. The maximum atomic E-state index is 10.1. The van der Waals surface area contributed by atoms with Gasteiger partial charge >= 0.3 is 0 Å². The summed E-state index contributed by atoms with van der Waals surface area (Å²) in [5, 5.41) is 10.1. The largest absolute Gasteiger partial charge is 0.265 e. The van der Waals surface area contributed by atoms with Gasteiger partial charge in [0.15, 0.2) is 0 Å². The first-order chi connectivity index (χ1) is 10.8. The first kappa shape index (κ1) is 14.0. The fraction of sp³-hybridized carbons (Fsp3) is 0.100. The average Bonchev–Trinajstić information content (AvgIpc) is 2.62. The predicted octanol–water partition coefficient (Wildman–Crippen LogP) is 4.13. The standard InChI is InChI=1S/C20H16N2/c21-16-20(18-7-3-1-4-8-18,19-9-5-2-6-10-19)15-17-11-13-22-14-12-17/h1-14H,15H2. The molecule has 2 heteroatoms. The smallest absolute Gasteiger partial charge is 0.111 e. The van der Waals surface area contributed by atoms with Gasteiger partial charge in [0.25, 0.3) is 0 Å². The summed E-state index contributed by atoms with van der Waals surface area (Å²) in [5.74, 6) is 0. The van der Waals surface area contributed by atoms with Gasteiger partial charge in [0, 0.05) is 12.4 Å². The second kappa shape index (κ2) is 6.24. The second-order valence-electron chi connectivity index (χ2n) is 5.28. The third kappa shape index (κ3) is 2.62. The van der Waals surface area contributed by atoms with Gasteiger partial charge < -0.3 is 0 Å². The molecule has 0 bridgehead atoms. The lowest BCUT2D eigenvalue weighted by atomic mass is 9.72. The number of aromatic nitrogens is 1. The molecule has 22 heavy (non-hydrogen) atoms. The highest BCUT2D eigenvalue weighted by Gasteiger charge is 2.34. The topological polar surface area (TPSA) is 36.7 Å². The zero-order valence-electron chi connectivity index (χ0n) is 12.2. The van der Waals surface area contributed by atoms with E-state index < -0.39 is 5.41 Å². The molecule has 0 saturated carbocycles. The minimum absolute atomic E-state index is 0.625. The Hall–Kier alpha value is -2.92. The van der Waals surface area contributed by atoms with Gasteiger partial charge in [0.1, 0.15) is 5.41 Å². The van der Waals surface area contributed by atoms with E-state index in [-0.39, 0.29) is 0 Å². The summed E-state index contributed by atoms with van der Waals surface area (Å²) in [6, 6.07) is 26.5. The third-order valence-corrected chi connectivity index (χ3v) is 3.94. The van der Waals surface area contributed by atoms with E-state index in [1.54, 1.807) is 12.4 Å². The van der Waals surface area contributed by atoms with Crippen molar-refractivity contribution in [3.8, 4) is 6.07 Å². The molecule has 0 amide bonds. The van der Waals surface area contributed by atoms with Gasteiger partial charge in [-0.05, 0) is 35.2 Å². The molecule has 0 aliphatic carbocycles. The van der Waals surface area contributed by atoms with E-state index in [4.69, 9.17) is 0 Å². The second-order valence-corrected chi connectivity index (χ2v) is 5.28. The minimum Gasteiger partial charge on any atom is -0.265 e. The Morgan fingerprint density at radius 2 is 1.27 bits per heavy atom. The molecule has 1 heterocycles. The molecule has 0 saturated heterocycles. The minimum atomic E-state index is -0.691. The van der Waals surface area contributed by atoms with Crippen LogP contribution < -0.4 is 0 Å². The molecule has 3 rings (SSSR count). The van der Waals surface area contributed by atoms with Crippen LogP contribution in [0.3, 0.4) is 0 Å². The molecule has 0 spiro atoms. The van der Waals surface area contributed by atoms with E-state index in [9.17, 15) is 5.26 Å². The Balaban J connectivity index is 2.16. The number of benzene rings is 2. The van der Waals surface area contributed by atoms with Crippen LogP contribution in [-0.2, 0) is 11.8 Å². The van der Waals surface area contributed by atoms with Crippen LogP contribution in [0.15, 0.2) is 85.2 Å². The van der Waals surface area contributed by atoms with E-state index in [0.717, 1.165) is 16.7 Å². The number of nitrogens with zero attached hydrogens (tertiary/aromatic N) is 2. The molecule has 0 fully saturated rings. The lowest BCUT2D eigenvalue weighted by molar-refractivity contribution is 0.652. The first-order valence-electron chi connectivity index (χ1n) is 7.26. The molecular formula is C20H16N2. The maximum absolute atomic E-state index is 10.1. The highest BCUT2D eigenvalue weighted by molar-refractivity contribution is 5.47. The summed E-state index contributed by atoms with van der Waals surface area (Å²) in [6.45, 7) is 0. The summed E-state index contributed by atoms with van der Waals surface area (Å²) in [4.78, 5) is 4.06. The number of nitriles is 1. The van der Waals surface area contributed by atoms with Crippen LogP contribution in [0.5, 0.6) is 0 Å².